The summed E-state index contributed by atoms with van der Waals surface area (Å²) < 4.78 is 0. The fourth-order valence-electron chi connectivity index (χ4n) is 3.23. The van der Waals surface area contributed by atoms with Gasteiger partial charge in [-0.2, -0.15) is 0 Å². The quantitative estimate of drug-likeness (QED) is 0.425. The first-order valence-electron chi connectivity index (χ1n) is 9.76. The van der Waals surface area contributed by atoms with Crippen LogP contribution in [0.1, 0.15) is 22.3 Å². The summed E-state index contributed by atoms with van der Waals surface area (Å²) in [5.41, 5.74) is 3.43. The van der Waals surface area contributed by atoms with Crippen molar-refractivity contribution in [2.45, 2.75) is 13.1 Å². The Balaban J connectivity index is 1.54. The lowest BCUT2D eigenvalue weighted by Crippen LogP contribution is -1.89. The third-order valence-electron chi connectivity index (χ3n) is 4.83. The molecule has 0 unspecified atom stereocenters. The van der Waals surface area contributed by atoms with E-state index in [9.17, 15) is 10.2 Å². The molecule has 0 radical (unpaired) electrons. The minimum absolute atomic E-state index is 0.150. The van der Waals surface area contributed by atoms with Crippen LogP contribution < -0.4 is 0 Å². The van der Waals surface area contributed by atoms with Crippen molar-refractivity contribution in [3.63, 3.8) is 0 Å². The monoisotopic (exact) mass is 394 g/mol. The van der Waals surface area contributed by atoms with Crippen LogP contribution in [-0.4, -0.2) is 22.6 Å². The molecule has 0 saturated carbocycles. The SMILES string of the molecule is Oc1cc2cc(C=NCc3ccccc3)c(O)cc2cc1C=NCc1ccccc1. The van der Waals surface area contributed by atoms with Gasteiger partial charge in [0, 0.05) is 23.6 Å². The molecule has 4 heteroatoms. The third-order valence-corrected chi connectivity index (χ3v) is 4.83. The Morgan fingerprint density at radius 2 is 0.967 bits per heavy atom. The zero-order valence-electron chi connectivity index (χ0n) is 16.4. The summed E-state index contributed by atoms with van der Waals surface area (Å²) in [6, 6.07) is 26.9. The van der Waals surface area contributed by atoms with E-state index >= 15 is 0 Å². The van der Waals surface area contributed by atoms with E-state index in [1.165, 1.54) is 0 Å². The number of aromatic hydroxyl groups is 2. The topological polar surface area (TPSA) is 65.2 Å². The number of fused-ring (bicyclic) bond motifs is 1. The Kier molecular flexibility index (Phi) is 5.85. The number of hydrogen-bond acceptors (Lipinski definition) is 4. The molecule has 0 amide bonds. The van der Waals surface area contributed by atoms with E-state index in [4.69, 9.17) is 0 Å². The Bertz CT molecular complexity index is 1100. The van der Waals surface area contributed by atoms with E-state index in [1.54, 1.807) is 24.6 Å². The summed E-state index contributed by atoms with van der Waals surface area (Å²) in [6.07, 6.45) is 3.32. The molecule has 2 N–H and O–H groups in total. The molecule has 0 aliphatic rings. The fraction of sp³-hybridized carbons (Fsp3) is 0.0769. The van der Waals surface area contributed by atoms with Crippen molar-refractivity contribution < 1.29 is 10.2 Å². The standard InChI is InChI=1S/C26H22N2O2/c29-25-13-22-12-24(18-28-16-20-9-5-2-6-10-20)26(30)14-21(22)11-23(25)17-27-15-19-7-3-1-4-8-19/h1-14,17-18,29-30H,15-16H2. The Morgan fingerprint density at radius 1 is 0.567 bits per heavy atom. The van der Waals surface area contributed by atoms with Gasteiger partial charge in [-0.25, -0.2) is 0 Å². The van der Waals surface area contributed by atoms with Crippen LogP contribution in [0, 0.1) is 0 Å². The van der Waals surface area contributed by atoms with Crippen LogP contribution in [0.5, 0.6) is 11.5 Å². The Morgan fingerprint density at radius 3 is 1.37 bits per heavy atom. The molecule has 4 nitrogen and oxygen atoms in total. The van der Waals surface area contributed by atoms with Crippen molar-refractivity contribution in [1.82, 2.24) is 0 Å². The molecule has 148 valence electrons. The molecule has 0 aliphatic heterocycles. The molecule has 0 heterocycles. The van der Waals surface area contributed by atoms with E-state index in [1.807, 2.05) is 72.8 Å². The van der Waals surface area contributed by atoms with Gasteiger partial charge in [-0.15, -0.1) is 0 Å². The molecule has 4 aromatic rings. The maximum absolute atomic E-state index is 10.4. The minimum Gasteiger partial charge on any atom is -0.507 e. The average molecular weight is 394 g/mol. The molecule has 0 bridgehead atoms. The molecule has 0 saturated heterocycles. The van der Waals surface area contributed by atoms with E-state index in [2.05, 4.69) is 9.98 Å². The van der Waals surface area contributed by atoms with Crippen LogP contribution in [-0.2, 0) is 13.1 Å². The van der Waals surface area contributed by atoms with Crippen molar-refractivity contribution in [3.05, 3.63) is 107 Å². The molecule has 0 spiro atoms. The zero-order chi connectivity index (χ0) is 20.8. The summed E-state index contributed by atoms with van der Waals surface area (Å²) in [4.78, 5) is 8.84. The van der Waals surface area contributed by atoms with Crippen LogP contribution in [0.25, 0.3) is 10.8 Å². The van der Waals surface area contributed by atoms with Gasteiger partial charge < -0.3 is 10.2 Å². The summed E-state index contributed by atoms with van der Waals surface area (Å²) in [6.45, 7) is 1.08. The molecule has 4 aromatic carbocycles. The number of phenols is 2. The largest absolute Gasteiger partial charge is 0.507 e. The maximum atomic E-state index is 10.4. The smallest absolute Gasteiger partial charge is 0.124 e. The van der Waals surface area contributed by atoms with Gasteiger partial charge in [0.25, 0.3) is 0 Å². The van der Waals surface area contributed by atoms with Crippen LogP contribution >= 0.6 is 0 Å². The molecular formula is C26H22N2O2. The van der Waals surface area contributed by atoms with Crippen molar-refractivity contribution in [2.24, 2.45) is 9.98 Å². The molecule has 0 aliphatic carbocycles. The lowest BCUT2D eigenvalue weighted by molar-refractivity contribution is 0.473. The van der Waals surface area contributed by atoms with Crippen LogP contribution in [0.4, 0.5) is 0 Å². The van der Waals surface area contributed by atoms with Crippen molar-refractivity contribution in [3.8, 4) is 11.5 Å². The lowest BCUT2D eigenvalue weighted by Gasteiger charge is -2.06. The summed E-state index contributed by atoms with van der Waals surface area (Å²) in [7, 11) is 0. The molecule has 30 heavy (non-hydrogen) atoms. The van der Waals surface area contributed by atoms with Gasteiger partial charge in [0.15, 0.2) is 0 Å². The minimum atomic E-state index is 0.150. The van der Waals surface area contributed by atoms with Gasteiger partial charge in [-0.1, -0.05) is 60.7 Å². The van der Waals surface area contributed by atoms with Gasteiger partial charge in [-0.05, 0) is 46.2 Å². The normalized spacial score (nSPS) is 11.6. The molecule has 4 rings (SSSR count). The summed E-state index contributed by atoms with van der Waals surface area (Å²) in [5.74, 6) is 0.300. The first-order chi connectivity index (χ1) is 14.7. The second-order valence-electron chi connectivity index (χ2n) is 7.08. The van der Waals surface area contributed by atoms with Gasteiger partial charge in [0.05, 0.1) is 13.1 Å². The maximum Gasteiger partial charge on any atom is 0.124 e. The van der Waals surface area contributed by atoms with Crippen molar-refractivity contribution in [2.75, 3.05) is 0 Å². The number of aliphatic imine (C=N–C) groups is 2. The molecule has 0 aromatic heterocycles. The highest BCUT2D eigenvalue weighted by molar-refractivity contribution is 5.98. The highest BCUT2D eigenvalue weighted by Crippen LogP contribution is 2.29. The second kappa shape index (κ2) is 9.05. The van der Waals surface area contributed by atoms with Crippen LogP contribution in [0.3, 0.4) is 0 Å². The highest BCUT2D eigenvalue weighted by Gasteiger charge is 2.07. The molecule has 0 fully saturated rings. The first-order valence-corrected chi connectivity index (χ1v) is 9.76. The van der Waals surface area contributed by atoms with E-state index in [0.29, 0.717) is 24.2 Å². The van der Waals surface area contributed by atoms with Crippen LogP contribution in [0.15, 0.2) is 94.9 Å². The summed E-state index contributed by atoms with van der Waals surface area (Å²) >= 11 is 0. The third kappa shape index (κ3) is 4.73. The summed E-state index contributed by atoms with van der Waals surface area (Å²) in [5, 5.41) is 22.5. The van der Waals surface area contributed by atoms with Gasteiger partial charge >= 0.3 is 0 Å². The number of rotatable bonds is 6. The van der Waals surface area contributed by atoms with Gasteiger partial charge in [0.1, 0.15) is 11.5 Å². The van der Waals surface area contributed by atoms with E-state index in [-0.39, 0.29) is 11.5 Å². The second-order valence-corrected chi connectivity index (χ2v) is 7.08. The van der Waals surface area contributed by atoms with Crippen molar-refractivity contribution >= 4 is 23.2 Å². The Labute approximate surface area is 175 Å². The predicted octanol–water partition coefficient (Wildman–Crippen LogP) is 5.49. The van der Waals surface area contributed by atoms with Gasteiger partial charge in [0.2, 0.25) is 0 Å². The van der Waals surface area contributed by atoms with E-state index in [0.717, 1.165) is 21.9 Å². The van der Waals surface area contributed by atoms with Gasteiger partial charge in [-0.3, -0.25) is 9.98 Å². The van der Waals surface area contributed by atoms with Crippen LogP contribution in [0.2, 0.25) is 0 Å². The number of phenolic OH excluding ortho intramolecular Hbond substituents is 2. The molecule has 0 atom stereocenters. The molecular weight excluding hydrogens is 372 g/mol. The number of benzene rings is 4. The first kappa shape index (κ1) is 19.4. The Hall–Kier alpha value is -3.92. The number of hydrogen-bond donors (Lipinski definition) is 2. The highest BCUT2D eigenvalue weighted by atomic mass is 16.3. The van der Waals surface area contributed by atoms with E-state index < -0.39 is 0 Å². The average Bonchev–Trinajstić information content (AvgIpc) is 2.76. The zero-order valence-corrected chi connectivity index (χ0v) is 16.4. The predicted molar refractivity (Wildman–Crippen MR) is 123 cm³/mol. The fourth-order valence-corrected chi connectivity index (χ4v) is 3.23. The lowest BCUT2D eigenvalue weighted by atomic mass is 10.0. The van der Waals surface area contributed by atoms with Crippen molar-refractivity contribution in [1.29, 1.82) is 0 Å². The number of nitrogens with zero attached hydrogens (tertiary/aromatic N) is 2.